The van der Waals surface area contributed by atoms with E-state index < -0.39 is 0 Å². The molecule has 1 N–H and O–H groups in total. The molecule has 1 aromatic carbocycles. The van der Waals surface area contributed by atoms with Gasteiger partial charge in [0, 0.05) is 43.3 Å². The van der Waals surface area contributed by atoms with Gasteiger partial charge in [0.1, 0.15) is 5.52 Å². The van der Waals surface area contributed by atoms with Crippen LogP contribution in [0, 0.1) is 0 Å². The number of ketones is 1. The summed E-state index contributed by atoms with van der Waals surface area (Å²) in [5.74, 6) is 1.33. The van der Waals surface area contributed by atoms with Crippen LogP contribution in [-0.2, 0) is 4.74 Å². The van der Waals surface area contributed by atoms with Crippen LogP contribution in [0.1, 0.15) is 37.2 Å². The van der Waals surface area contributed by atoms with Crippen molar-refractivity contribution in [1.29, 1.82) is 0 Å². The molecular weight excluding hydrogens is 380 g/mol. The second kappa shape index (κ2) is 8.89. The van der Waals surface area contributed by atoms with E-state index in [1.165, 1.54) is 0 Å². The highest BCUT2D eigenvalue weighted by atomic mass is 16.5. The van der Waals surface area contributed by atoms with Crippen molar-refractivity contribution in [1.82, 2.24) is 24.4 Å². The van der Waals surface area contributed by atoms with E-state index in [1.807, 2.05) is 35.2 Å². The van der Waals surface area contributed by atoms with Crippen molar-refractivity contribution in [3.63, 3.8) is 0 Å². The second-order valence-corrected chi connectivity index (χ2v) is 7.83. The van der Waals surface area contributed by atoms with Gasteiger partial charge in [0.15, 0.2) is 23.1 Å². The van der Waals surface area contributed by atoms with Crippen LogP contribution in [0.4, 0.5) is 5.82 Å². The van der Waals surface area contributed by atoms with Gasteiger partial charge in [-0.05, 0) is 26.8 Å². The third kappa shape index (κ3) is 4.34. The molecule has 1 saturated heterocycles. The number of anilines is 1. The molecule has 8 heteroatoms. The van der Waals surface area contributed by atoms with Crippen molar-refractivity contribution in [2.75, 3.05) is 44.7 Å². The first-order valence-corrected chi connectivity index (χ1v) is 10.4. The Hall–Kier alpha value is -2.84. The minimum atomic E-state index is 0.0222. The zero-order valence-electron chi connectivity index (χ0n) is 17.8. The van der Waals surface area contributed by atoms with Crippen LogP contribution in [0.2, 0.25) is 0 Å². The number of hydrogen-bond acceptors (Lipinski definition) is 7. The van der Waals surface area contributed by atoms with E-state index in [9.17, 15) is 4.79 Å². The van der Waals surface area contributed by atoms with Crippen molar-refractivity contribution in [3.8, 4) is 11.4 Å². The maximum Gasteiger partial charge on any atom is 0.166 e. The number of nitrogens with one attached hydrogen (secondary N) is 1. The molecule has 1 fully saturated rings. The molecule has 0 aliphatic carbocycles. The monoisotopic (exact) mass is 408 g/mol. The second-order valence-electron chi connectivity index (χ2n) is 7.83. The highest BCUT2D eigenvalue weighted by Gasteiger charge is 2.17. The molecule has 0 atom stereocenters. The third-order valence-electron chi connectivity index (χ3n) is 5.33. The van der Waals surface area contributed by atoms with E-state index in [0.29, 0.717) is 11.4 Å². The summed E-state index contributed by atoms with van der Waals surface area (Å²) in [6.07, 6.45) is 1.81. The molecule has 3 heterocycles. The highest BCUT2D eigenvalue weighted by molar-refractivity contribution is 5.95. The first-order valence-electron chi connectivity index (χ1n) is 10.4. The van der Waals surface area contributed by atoms with E-state index in [2.05, 4.69) is 29.0 Å². The number of ether oxygens (including phenoxy) is 1. The average Bonchev–Trinajstić information content (AvgIpc) is 3.19. The number of fused-ring (bicyclic) bond motifs is 1. The average molecular weight is 409 g/mol. The number of morpholine rings is 1. The molecule has 3 aromatic rings. The first kappa shape index (κ1) is 20.4. The van der Waals surface area contributed by atoms with Gasteiger partial charge < -0.3 is 14.6 Å². The maximum absolute atomic E-state index is 11.8. The van der Waals surface area contributed by atoms with Crippen LogP contribution in [-0.4, -0.2) is 69.6 Å². The fourth-order valence-corrected chi connectivity index (χ4v) is 3.58. The highest BCUT2D eigenvalue weighted by Crippen LogP contribution is 2.26. The molecule has 30 heavy (non-hydrogen) atoms. The van der Waals surface area contributed by atoms with E-state index in [-0.39, 0.29) is 11.8 Å². The van der Waals surface area contributed by atoms with Crippen molar-refractivity contribution in [3.05, 3.63) is 36.2 Å². The molecule has 4 rings (SSSR count). The van der Waals surface area contributed by atoms with Gasteiger partial charge in [0.2, 0.25) is 0 Å². The number of nitrogens with zero attached hydrogens (tertiary/aromatic N) is 5. The molecule has 8 nitrogen and oxygen atoms in total. The Morgan fingerprint density at radius 3 is 2.77 bits per heavy atom. The standard InChI is InChI=1S/C22H28N6O2/c1-15(2)28-14-24-19-21(23-7-8-27-9-11-30-12-10-27)25-20(26-22(19)28)18-6-4-5-17(13-18)16(3)29/h4-6,13-15H,7-12H2,1-3H3,(H,23,25,26). The summed E-state index contributed by atoms with van der Waals surface area (Å²) < 4.78 is 7.46. The molecule has 0 radical (unpaired) electrons. The Balaban J connectivity index is 1.67. The summed E-state index contributed by atoms with van der Waals surface area (Å²) in [6.45, 7) is 10.9. The molecule has 0 bridgehead atoms. The third-order valence-corrected chi connectivity index (χ3v) is 5.33. The van der Waals surface area contributed by atoms with Gasteiger partial charge in [-0.3, -0.25) is 9.69 Å². The molecule has 0 unspecified atom stereocenters. The van der Waals surface area contributed by atoms with Crippen molar-refractivity contribution in [2.24, 2.45) is 0 Å². The number of carbonyl (C=O) groups excluding carboxylic acids is 1. The summed E-state index contributed by atoms with van der Waals surface area (Å²) in [5.41, 5.74) is 3.02. The van der Waals surface area contributed by atoms with Gasteiger partial charge in [-0.2, -0.15) is 0 Å². The number of rotatable bonds is 7. The lowest BCUT2D eigenvalue weighted by Gasteiger charge is -2.26. The Labute approximate surface area is 176 Å². The van der Waals surface area contributed by atoms with Crippen LogP contribution >= 0.6 is 0 Å². The largest absolute Gasteiger partial charge is 0.379 e. The summed E-state index contributed by atoms with van der Waals surface area (Å²) in [7, 11) is 0. The molecule has 0 saturated carbocycles. The van der Waals surface area contributed by atoms with E-state index in [0.717, 1.165) is 61.9 Å². The lowest BCUT2D eigenvalue weighted by Crippen LogP contribution is -2.39. The zero-order chi connectivity index (χ0) is 21.1. The molecule has 1 aliphatic rings. The van der Waals surface area contributed by atoms with Crippen molar-refractivity contribution in [2.45, 2.75) is 26.8 Å². The Morgan fingerprint density at radius 1 is 1.23 bits per heavy atom. The number of aromatic nitrogens is 4. The van der Waals surface area contributed by atoms with Gasteiger partial charge >= 0.3 is 0 Å². The van der Waals surface area contributed by atoms with Crippen molar-refractivity contribution < 1.29 is 9.53 Å². The molecule has 0 spiro atoms. The minimum absolute atomic E-state index is 0.0222. The predicted molar refractivity (Wildman–Crippen MR) is 117 cm³/mol. The first-order chi connectivity index (χ1) is 14.5. The predicted octanol–water partition coefficient (Wildman–Crippen LogP) is 3.02. The normalized spacial score (nSPS) is 15.1. The molecule has 1 aliphatic heterocycles. The fourth-order valence-electron chi connectivity index (χ4n) is 3.58. The van der Waals surface area contributed by atoms with Crippen LogP contribution in [0.15, 0.2) is 30.6 Å². The SMILES string of the molecule is CC(=O)c1cccc(-c2nc(NCCN3CCOCC3)c3ncn(C(C)C)c3n2)c1. The minimum Gasteiger partial charge on any atom is -0.379 e. The molecule has 0 amide bonds. The smallest absolute Gasteiger partial charge is 0.166 e. The Morgan fingerprint density at radius 2 is 2.03 bits per heavy atom. The summed E-state index contributed by atoms with van der Waals surface area (Å²) >= 11 is 0. The molecule has 2 aromatic heterocycles. The number of imidazole rings is 1. The van der Waals surface area contributed by atoms with Gasteiger partial charge in [-0.15, -0.1) is 0 Å². The summed E-state index contributed by atoms with van der Waals surface area (Å²) in [6, 6.07) is 7.68. The van der Waals surface area contributed by atoms with Crippen LogP contribution in [0.3, 0.4) is 0 Å². The summed E-state index contributed by atoms with van der Waals surface area (Å²) in [5, 5.41) is 3.46. The van der Waals surface area contributed by atoms with Gasteiger partial charge in [-0.25, -0.2) is 15.0 Å². The van der Waals surface area contributed by atoms with E-state index in [1.54, 1.807) is 6.92 Å². The summed E-state index contributed by atoms with van der Waals surface area (Å²) in [4.78, 5) is 28.3. The van der Waals surface area contributed by atoms with E-state index >= 15 is 0 Å². The maximum atomic E-state index is 11.8. The number of carbonyl (C=O) groups is 1. The van der Waals surface area contributed by atoms with Crippen LogP contribution in [0.25, 0.3) is 22.6 Å². The number of benzene rings is 1. The van der Waals surface area contributed by atoms with Crippen LogP contribution in [0.5, 0.6) is 0 Å². The lowest BCUT2D eigenvalue weighted by atomic mass is 10.1. The number of hydrogen-bond donors (Lipinski definition) is 1. The Bertz CT molecular complexity index is 1040. The Kier molecular flexibility index (Phi) is 6.06. The number of Topliss-reactive ketones (excluding diaryl/α,β-unsaturated/α-hetero) is 1. The van der Waals surface area contributed by atoms with Gasteiger partial charge in [0.05, 0.1) is 19.5 Å². The van der Waals surface area contributed by atoms with Crippen molar-refractivity contribution >= 4 is 22.8 Å². The van der Waals surface area contributed by atoms with Gasteiger partial charge in [-0.1, -0.05) is 18.2 Å². The quantitative estimate of drug-likeness (QED) is 0.602. The zero-order valence-corrected chi connectivity index (χ0v) is 17.8. The molecular formula is C22H28N6O2. The van der Waals surface area contributed by atoms with Gasteiger partial charge in [0.25, 0.3) is 0 Å². The lowest BCUT2D eigenvalue weighted by molar-refractivity contribution is 0.0398. The fraction of sp³-hybridized carbons (Fsp3) is 0.455. The topological polar surface area (TPSA) is 85.2 Å². The molecule has 158 valence electrons. The van der Waals surface area contributed by atoms with E-state index in [4.69, 9.17) is 14.7 Å². The van der Waals surface area contributed by atoms with Crippen LogP contribution < -0.4 is 5.32 Å².